The fourth-order valence-corrected chi connectivity index (χ4v) is 4.42. The number of rotatable bonds is 8. The molecule has 0 amide bonds. The molecule has 0 saturated carbocycles. The summed E-state index contributed by atoms with van der Waals surface area (Å²) in [6.07, 6.45) is 0. The van der Waals surface area contributed by atoms with E-state index in [2.05, 4.69) is 5.09 Å². The van der Waals surface area contributed by atoms with Gasteiger partial charge >= 0.3 is 18.8 Å². The highest BCUT2D eigenvalue weighted by molar-refractivity contribution is 7.84. The smallest absolute Gasteiger partial charge is 0.409 e. The number of esters is 2. The van der Waals surface area contributed by atoms with Gasteiger partial charge in [-0.1, -0.05) is 45.0 Å². The number of fused-ring (bicyclic) bond motifs is 1. The van der Waals surface area contributed by atoms with E-state index in [0.717, 1.165) is 16.3 Å². The van der Waals surface area contributed by atoms with Crippen LogP contribution in [-0.4, -0.2) is 31.7 Å². The number of carbonyl (C=O) groups excluding carboxylic acids is 2. The molecule has 2 aromatic carbocycles. The second-order valence-corrected chi connectivity index (χ2v) is 11.3. The van der Waals surface area contributed by atoms with Gasteiger partial charge in [0.05, 0.1) is 19.6 Å². The number of hydrogen-bond donors (Lipinski definition) is 1. The lowest BCUT2D eigenvalue weighted by atomic mass is 9.98. The maximum Gasteiger partial charge on any atom is 0.409 e. The summed E-state index contributed by atoms with van der Waals surface area (Å²) in [5, 5.41) is 4.19. The SMILES string of the molecule is COC(=O)[C@@H](C)c1ccc2cc(OP(=O)(Cl)N[C@@H](C)C(=O)OCC(C)(C)C)ccc2c1. The van der Waals surface area contributed by atoms with E-state index in [4.69, 9.17) is 25.2 Å². The molecule has 2 rings (SSSR count). The zero-order valence-corrected chi connectivity index (χ0v) is 20.3. The number of nitrogens with one attached hydrogen (secondary N) is 1. The summed E-state index contributed by atoms with van der Waals surface area (Å²) in [6, 6.07) is 9.70. The Labute approximate surface area is 187 Å². The molecule has 0 fully saturated rings. The van der Waals surface area contributed by atoms with Gasteiger partial charge in [0.2, 0.25) is 0 Å². The van der Waals surface area contributed by atoms with Gasteiger partial charge in [0, 0.05) is 11.2 Å². The highest BCUT2D eigenvalue weighted by Crippen LogP contribution is 2.49. The summed E-state index contributed by atoms with van der Waals surface area (Å²) in [5.41, 5.74) is 0.635. The van der Waals surface area contributed by atoms with Crippen LogP contribution in [0.15, 0.2) is 36.4 Å². The molecule has 0 heterocycles. The molecule has 0 spiro atoms. The van der Waals surface area contributed by atoms with Crippen molar-refractivity contribution < 1.29 is 28.2 Å². The molecule has 0 saturated heterocycles. The molecule has 9 heteroatoms. The zero-order chi connectivity index (χ0) is 23.4. The maximum atomic E-state index is 12.7. The van der Waals surface area contributed by atoms with Gasteiger partial charge in [0.15, 0.2) is 0 Å². The maximum absolute atomic E-state index is 12.7. The summed E-state index contributed by atoms with van der Waals surface area (Å²) >= 11 is 6.03. The average Bonchev–Trinajstić information content (AvgIpc) is 2.69. The Morgan fingerprint density at radius 2 is 1.68 bits per heavy atom. The summed E-state index contributed by atoms with van der Waals surface area (Å²) in [7, 11) is 1.35. The molecule has 7 nitrogen and oxygen atoms in total. The van der Waals surface area contributed by atoms with Gasteiger partial charge < -0.3 is 14.0 Å². The third-order valence-corrected chi connectivity index (χ3v) is 6.10. The quantitative estimate of drug-likeness (QED) is 0.408. The van der Waals surface area contributed by atoms with Crippen LogP contribution in [0.2, 0.25) is 0 Å². The minimum atomic E-state index is -3.85. The Bertz CT molecular complexity index is 1000. The van der Waals surface area contributed by atoms with E-state index >= 15 is 0 Å². The lowest BCUT2D eigenvalue weighted by Gasteiger charge is -2.21. The van der Waals surface area contributed by atoms with Crippen molar-refractivity contribution in [1.29, 1.82) is 0 Å². The Hall–Kier alpha value is -2.08. The number of ether oxygens (including phenoxy) is 2. The molecule has 0 aliphatic carbocycles. The predicted molar refractivity (Wildman–Crippen MR) is 121 cm³/mol. The number of halogens is 1. The van der Waals surface area contributed by atoms with Crippen LogP contribution in [0.1, 0.15) is 46.1 Å². The van der Waals surface area contributed by atoms with Crippen molar-refractivity contribution in [1.82, 2.24) is 5.09 Å². The topological polar surface area (TPSA) is 90.9 Å². The molecule has 0 aromatic heterocycles. The standard InChI is InChI=1S/C22H29ClNO6P/c1-14(20(25)28-6)16-7-8-18-12-19(10-9-17(18)11-16)30-31(23,27)24-15(2)21(26)29-13-22(3,4)5/h7-12,14-15H,13H2,1-6H3,(H,24,27)/t14-,15-,31?/m0/s1. The molecular weight excluding hydrogens is 441 g/mol. The van der Waals surface area contributed by atoms with E-state index in [0.29, 0.717) is 0 Å². The Balaban J connectivity index is 2.08. The van der Waals surface area contributed by atoms with Crippen LogP contribution in [0, 0.1) is 5.41 Å². The van der Waals surface area contributed by atoms with Crippen molar-refractivity contribution in [3.8, 4) is 5.75 Å². The van der Waals surface area contributed by atoms with Gasteiger partial charge in [-0.3, -0.25) is 9.59 Å². The molecule has 0 bridgehead atoms. The molecule has 0 aliphatic heterocycles. The Morgan fingerprint density at radius 1 is 1.06 bits per heavy atom. The first-order chi connectivity index (χ1) is 14.3. The van der Waals surface area contributed by atoms with Crippen molar-refractivity contribution >= 4 is 40.8 Å². The molecule has 1 N–H and O–H groups in total. The van der Waals surface area contributed by atoms with Gasteiger partial charge in [-0.05, 0) is 47.7 Å². The van der Waals surface area contributed by atoms with Crippen LogP contribution in [0.3, 0.4) is 0 Å². The molecule has 0 radical (unpaired) electrons. The monoisotopic (exact) mass is 469 g/mol. The number of carbonyl (C=O) groups is 2. The van der Waals surface area contributed by atoms with Crippen LogP contribution in [0.5, 0.6) is 5.75 Å². The highest BCUT2D eigenvalue weighted by Gasteiger charge is 2.29. The van der Waals surface area contributed by atoms with Gasteiger partial charge in [-0.15, -0.1) is 0 Å². The first-order valence-electron chi connectivity index (χ1n) is 9.86. The lowest BCUT2D eigenvalue weighted by Crippen LogP contribution is -2.34. The lowest BCUT2D eigenvalue weighted by molar-refractivity contribution is -0.148. The predicted octanol–water partition coefficient (Wildman–Crippen LogP) is 5.41. The van der Waals surface area contributed by atoms with E-state index in [1.165, 1.54) is 14.0 Å². The third-order valence-electron chi connectivity index (χ3n) is 4.46. The van der Waals surface area contributed by atoms with E-state index in [1.54, 1.807) is 25.1 Å². The van der Waals surface area contributed by atoms with Crippen LogP contribution in [0.25, 0.3) is 10.8 Å². The van der Waals surface area contributed by atoms with Crippen molar-refractivity contribution in [2.24, 2.45) is 5.41 Å². The van der Waals surface area contributed by atoms with Gasteiger partial charge in [-0.25, -0.2) is 9.65 Å². The van der Waals surface area contributed by atoms with Gasteiger partial charge in [-0.2, -0.15) is 0 Å². The summed E-state index contributed by atoms with van der Waals surface area (Å²) in [5.74, 6) is -0.992. The number of benzene rings is 2. The van der Waals surface area contributed by atoms with Crippen molar-refractivity contribution in [3.63, 3.8) is 0 Å². The van der Waals surface area contributed by atoms with Crippen LogP contribution < -0.4 is 9.61 Å². The highest BCUT2D eigenvalue weighted by atomic mass is 35.7. The largest absolute Gasteiger partial charge is 0.469 e. The van der Waals surface area contributed by atoms with Gasteiger partial charge in [0.25, 0.3) is 0 Å². The second-order valence-electron chi connectivity index (χ2n) is 8.60. The van der Waals surface area contributed by atoms with Crippen LogP contribution >= 0.6 is 18.1 Å². The Kier molecular flexibility index (Phi) is 8.15. The molecule has 3 atom stereocenters. The van der Waals surface area contributed by atoms with Crippen molar-refractivity contribution in [3.05, 3.63) is 42.0 Å². The van der Waals surface area contributed by atoms with Crippen molar-refractivity contribution in [2.45, 2.75) is 46.6 Å². The van der Waals surface area contributed by atoms with Crippen LogP contribution in [-0.2, 0) is 23.6 Å². The summed E-state index contributed by atoms with van der Waals surface area (Å²) in [4.78, 5) is 23.9. The fourth-order valence-electron chi connectivity index (χ4n) is 2.74. The van der Waals surface area contributed by atoms with E-state index in [9.17, 15) is 14.2 Å². The number of methoxy groups -OCH3 is 1. The van der Waals surface area contributed by atoms with Crippen LogP contribution in [0.4, 0.5) is 0 Å². The average molecular weight is 470 g/mol. The summed E-state index contributed by atoms with van der Waals surface area (Å²) < 4.78 is 28.1. The third kappa shape index (κ3) is 7.53. The first-order valence-corrected chi connectivity index (χ1v) is 12.4. The zero-order valence-electron chi connectivity index (χ0n) is 18.6. The van der Waals surface area contributed by atoms with Crippen molar-refractivity contribution in [2.75, 3.05) is 13.7 Å². The minimum Gasteiger partial charge on any atom is -0.469 e. The summed E-state index contributed by atoms with van der Waals surface area (Å²) in [6.45, 7) is 5.47. The van der Waals surface area contributed by atoms with E-state index in [1.807, 2.05) is 39.0 Å². The molecule has 170 valence electrons. The fraction of sp³-hybridized carbons (Fsp3) is 0.455. The second kappa shape index (κ2) is 10.0. The molecule has 1 unspecified atom stereocenters. The molecular formula is C22H29ClNO6P. The van der Waals surface area contributed by atoms with E-state index < -0.39 is 24.8 Å². The molecule has 31 heavy (non-hydrogen) atoms. The molecule has 2 aromatic rings. The number of hydrogen-bond acceptors (Lipinski definition) is 6. The van der Waals surface area contributed by atoms with Gasteiger partial charge in [0.1, 0.15) is 11.8 Å². The first kappa shape index (κ1) is 25.2. The molecule has 0 aliphatic rings. The normalized spacial score (nSPS) is 15.6. The van der Waals surface area contributed by atoms with E-state index in [-0.39, 0.29) is 23.7 Å². The Morgan fingerprint density at radius 3 is 2.29 bits per heavy atom. The minimum absolute atomic E-state index is 0.184.